The molecule has 1 N–H and O–H groups in total. The standard InChI is InChI=1S/C20H19F2N3O3/c21-13-6-5-12-15(16(13)22)20(28-18(12)27)7-9-25(10-8-20)19-23-14-4-2-1-3-11(14)17(26)24-19/h5-6H,1-4,7-10H2,(H,23,24,26). The smallest absolute Gasteiger partial charge is 0.339 e. The molecular formula is C20H19F2N3O3. The van der Waals surface area contributed by atoms with E-state index in [1.54, 1.807) is 0 Å². The second kappa shape index (κ2) is 6.12. The van der Waals surface area contributed by atoms with Crippen molar-refractivity contribution in [2.24, 2.45) is 0 Å². The number of H-pyrrole nitrogens is 1. The molecule has 0 radical (unpaired) electrons. The fraction of sp³-hybridized carbons (Fsp3) is 0.450. The number of aromatic nitrogens is 2. The summed E-state index contributed by atoms with van der Waals surface area (Å²) >= 11 is 0. The fourth-order valence-corrected chi connectivity index (χ4v) is 4.62. The van der Waals surface area contributed by atoms with Crippen molar-refractivity contribution < 1.29 is 18.3 Å². The number of nitrogens with one attached hydrogen (secondary N) is 1. The van der Waals surface area contributed by atoms with Crippen LogP contribution in [0.5, 0.6) is 0 Å². The van der Waals surface area contributed by atoms with Crippen LogP contribution in [-0.4, -0.2) is 29.0 Å². The van der Waals surface area contributed by atoms with Crippen molar-refractivity contribution in [3.05, 3.63) is 56.5 Å². The highest BCUT2D eigenvalue weighted by Gasteiger charge is 2.50. The molecule has 5 rings (SSSR count). The van der Waals surface area contributed by atoms with E-state index in [1.165, 1.54) is 6.07 Å². The fourth-order valence-electron chi connectivity index (χ4n) is 4.62. The van der Waals surface area contributed by atoms with Gasteiger partial charge in [0.2, 0.25) is 5.95 Å². The number of anilines is 1. The summed E-state index contributed by atoms with van der Waals surface area (Å²) in [5.74, 6) is -2.14. The molecule has 3 heterocycles. The Morgan fingerprint density at radius 3 is 2.64 bits per heavy atom. The van der Waals surface area contributed by atoms with Crippen LogP contribution >= 0.6 is 0 Å². The van der Waals surface area contributed by atoms with Gasteiger partial charge in [-0.15, -0.1) is 0 Å². The second-order valence-electron chi connectivity index (χ2n) is 7.68. The number of piperidine rings is 1. The SMILES string of the molecule is O=C1OC2(CCN(c3nc4c(c(=O)[nH]3)CCCC4)CC2)c2c1ccc(F)c2F. The van der Waals surface area contributed by atoms with Gasteiger partial charge in [0.15, 0.2) is 11.6 Å². The van der Waals surface area contributed by atoms with Crippen molar-refractivity contribution in [3.63, 3.8) is 0 Å². The number of carbonyl (C=O) groups excluding carboxylic acids is 1. The van der Waals surface area contributed by atoms with Gasteiger partial charge < -0.3 is 9.64 Å². The van der Waals surface area contributed by atoms with Gasteiger partial charge in [-0.05, 0) is 37.8 Å². The number of carbonyl (C=O) groups is 1. The van der Waals surface area contributed by atoms with Gasteiger partial charge in [0.1, 0.15) is 5.60 Å². The molecule has 0 saturated carbocycles. The van der Waals surface area contributed by atoms with Crippen LogP contribution in [0.15, 0.2) is 16.9 Å². The van der Waals surface area contributed by atoms with Crippen molar-refractivity contribution in [2.45, 2.75) is 44.1 Å². The quantitative estimate of drug-likeness (QED) is 0.762. The molecule has 146 valence electrons. The van der Waals surface area contributed by atoms with E-state index in [1.807, 2.05) is 4.90 Å². The lowest BCUT2D eigenvalue weighted by atomic mass is 9.83. The lowest BCUT2D eigenvalue weighted by Crippen LogP contribution is -2.44. The van der Waals surface area contributed by atoms with E-state index >= 15 is 0 Å². The Labute approximate surface area is 159 Å². The number of nitrogens with zero attached hydrogens (tertiary/aromatic N) is 2. The average molecular weight is 387 g/mol. The topological polar surface area (TPSA) is 75.3 Å². The normalized spacial score (nSPS) is 20.1. The zero-order valence-electron chi connectivity index (χ0n) is 15.2. The number of fused-ring (bicyclic) bond motifs is 3. The van der Waals surface area contributed by atoms with Gasteiger partial charge in [-0.3, -0.25) is 9.78 Å². The minimum absolute atomic E-state index is 0.0176. The van der Waals surface area contributed by atoms with Crippen molar-refractivity contribution in [1.82, 2.24) is 9.97 Å². The number of benzene rings is 1. The molecule has 1 aromatic carbocycles. The molecule has 1 aromatic heterocycles. The number of halogens is 2. The van der Waals surface area contributed by atoms with Gasteiger partial charge in [-0.25, -0.2) is 18.6 Å². The monoisotopic (exact) mass is 387 g/mol. The molecule has 8 heteroatoms. The Balaban J connectivity index is 1.44. The number of rotatable bonds is 1. The number of ether oxygens (including phenoxy) is 1. The number of aromatic amines is 1. The Kier molecular flexibility index (Phi) is 3.79. The van der Waals surface area contributed by atoms with Crippen LogP contribution in [0.25, 0.3) is 0 Å². The van der Waals surface area contributed by atoms with E-state index in [2.05, 4.69) is 9.97 Å². The molecule has 0 atom stereocenters. The van der Waals surface area contributed by atoms with Gasteiger partial charge in [0.25, 0.3) is 5.56 Å². The molecule has 3 aliphatic rings. The van der Waals surface area contributed by atoms with Crippen LogP contribution in [0.4, 0.5) is 14.7 Å². The van der Waals surface area contributed by atoms with Crippen LogP contribution in [0.1, 0.15) is 52.9 Å². The summed E-state index contributed by atoms with van der Waals surface area (Å²) in [7, 11) is 0. The zero-order valence-corrected chi connectivity index (χ0v) is 15.2. The molecule has 1 saturated heterocycles. The first-order chi connectivity index (χ1) is 13.5. The maximum absolute atomic E-state index is 14.5. The second-order valence-corrected chi connectivity index (χ2v) is 7.68. The molecule has 1 aliphatic carbocycles. The van der Waals surface area contributed by atoms with Crippen molar-refractivity contribution in [1.29, 1.82) is 0 Å². The molecule has 1 fully saturated rings. The largest absolute Gasteiger partial charge is 0.450 e. The van der Waals surface area contributed by atoms with E-state index in [9.17, 15) is 18.4 Å². The third-order valence-electron chi connectivity index (χ3n) is 6.11. The Bertz CT molecular complexity index is 1040. The van der Waals surface area contributed by atoms with E-state index in [0.29, 0.717) is 31.9 Å². The van der Waals surface area contributed by atoms with Crippen LogP contribution in [-0.2, 0) is 23.2 Å². The maximum atomic E-state index is 14.5. The molecule has 28 heavy (non-hydrogen) atoms. The number of esters is 1. The van der Waals surface area contributed by atoms with Crippen LogP contribution in [0.2, 0.25) is 0 Å². The Morgan fingerprint density at radius 1 is 1.11 bits per heavy atom. The summed E-state index contributed by atoms with van der Waals surface area (Å²) in [6.07, 6.45) is 4.15. The van der Waals surface area contributed by atoms with E-state index in [-0.39, 0.29) is 16.7 Å². The Hall–Kier alpha value is -2.77. The number of hydrogen-bond acceptors (Lipinski definition) is 5. The lowest BCUT2D eigenvalue weighted by molar-refractivity contribution is -0.0227. The predicted molar refractivity (Wildman–Crippen MR) is 96.4 cm³/mol. The highest BCUT2D eigenvalue weighted by atomic mass is 19.2. The van der Waals surface area contributed by atoms with Gasteiger partial charge in [-0.2, -0.15) is 0 Å². The van der Waals surface area contributed by atoms with Gasteiger partial charge in [0.05, 0.1) is 11.3 Å². The van der Waals surface area contributed by atoms with Crippen molar-refractivity contribution in [2.75, 3.05) is 18.0 Å². The first-order valence-electron chi connectivity index (χ1n) is 9.57. The Morgan fingerprint density at radius 2 is 1.86 bits per heavy atom. The van der Waals surface area contributed by atoms with E-state index < -0.39 is 23.2 Å². The summed E-state index contributed by atoms with van der Waals surface area (Å²) in [5, 5.41) is 0. The lowest BCUT2D eigenvalue weighted by Gasteiger charge is -2.39. The minimum Gasteiger partial charge on any atom is -0.450 e. The number of aryl methyl sites for hydroxylation is 1. The molecule has 0 bridgehead atoms. The first-order valence-corrected chi connectivity index (χ1v) is 9.57. The third kappa shape index (κ3) is 2.47. The minimum atomic E-state index is -1.16. The molecule has 0 unspecified atom stereocenters. The van der Waals surface area contributed by atoms with Crippen molar-refractivity contribution >= 4 is 11.9 Å². The first kappa shape index (κ1) is 17.3. The highest BCUT2D eigenvalue weighted by Crippen LogP contribution is 2.46. The predicted octanol–water partition coefficient (Wildman–Crippen LogP) is 2.59. The molecule has 2 aliphatic heterocycles. The number of hydrogen-bond donors (Lipinski definition) is 1. The van der Waals surface area contributed by atoms with E-state index in [4.69, 9.17) is 4.74 Å². The third-order valence-corrected chi connectivity index (χ3v) is 6.11. The highest BCUT2D eigenvalue weighted by molar-refractivity contribution is 5.95. The summed E-state index contributed by atoms with van der Waals surface area (Å²) in [4.78, 5) is 33.9. The van der Waals surface area contributed by atoms with Gasteiger partial charge >= 0.3 is 5.97 Å². The average Bonchev–Trinajstić information content (AvgIpc) is 2.97. The van der Waals surface area contributed by atoms with Gasteiger partial charge in [0, 0.05) is 37.1 Å². The van der Waals surface area contributed by atoms with Crippen molar-refractivity contribution in [3.8, 4) is 0 Å². The summed E-state index contributed by atoms with van der Waals surface area (Å²) in [6, 6.07) is 2.23. The molecule has 1 spiro atoms. The van der Waals surface area contributed by atoms with E-state index in [0.717, 1.165) is 43.0 Å². The molecule has 6 nitrogen and oxygen atoms in total. The molecule has 0 amide bonds. The maximum Gasteiger partial charge on any atom is 0.339 e. The van der Waals surface area contributed by atoms with Crippen LogP contribution < -0.4 is 10.5 Å². The summed E-state index contributed by atoms with van der Waals surface area (Å²) in [6.45, 7) is 0.814. The molecular weight excluding hydrogens is 368 g/mol. The van der Waals surface area contributed by atoms with Gasteiger partial charge in [-0.1, -0.05) is 0 Å². The molecule has 2 aromatic rings. The summed E-state index contributed by atoms with van der Waals surface area (Å²) < 4.78 is 33.8. The zero-order chi connectivity index (χ0) is 19.5. The van der Waals surface area contributed by atoms with Crippen LogP contribution in [0, 0.1) is 11.6 Å². The summed E-state index contributed by atoms with van der Waals surface area (Å²) in [5.41, 5.74) is 0.446. The van der Waals surface area contributed by atoms with Crippen LogP contribution in [0.3, 0.4) is 0 Å².